The Balaban J connectivity index is 2.96. The van der Waals surface area contributed by atoms with Gasteiger partial charge in [0.15, 0.2) is 0 Å². The second-order valence-electron chi connectivity index (χ2n) is 2.81. The highest BCUT2D eigenvalue weighted by Gasteiger charge is 2.13. The SMILES string of the molecule is CCONc1ccc(C)cc1[N+](=O)[O-]. The van der Waals surface area contributed by atoms with E-state index in [9.17, 15) is 10.1 Å². The van der Waals surface area contributed by atoms with Gasteiger partial charge in [-0.3, -0.25) is 20.4 Å². The summed E-state index contributed by atoms with van der Waals surface area (Å²) in [7, 11) is 0. The molecular formula is C9H12N2O3. The number of benzene rings is 1. The Morgan fingerprint density at radius 1 is 1.57 bits per heavy atom. The quantitative estimate of drug-likeness (QED) is 0.592. The van der Waals surface area contributed by atoms with Crippen molar-refractivity contribution in [2.45, 2.75) is 13.8 Å². The molecule has 0 saturated heterocycles. The van der Waals surface area contributed by atoms with E-state index < -0.39 is 4.92 Å². The Hall–Kier alpha value is -1.62. The molecule has 76 valence electrons. The molecule has 0 radical (unpaired) electrons. The minimum atomic E-state index is -0.436. The van der Waals surface area contributed by atoms with Gasteiger partial charge in [-0.05, 0) is 25.5 Å². The van der Waals surface area contributed by atoms with Crippen LogP contribution in [0.4, 0.5) is 11.4 Å². The number of aryl methyl sites for hydroxylation is 1. The molecule has 0 aromatic heterocycles. The first kappa shape index (κ1) is 10.5. The van der Waals surface area contributed by atoms with Gasteiger partial charge >= 0.3 is 0 Å². The van der Waals surface area contributed by atoms with Crippen molar-refractivity contribution in [1.82, 2.24) is 0 Å². The summed E-state index contributed by atoms with van der Waals surface area (Å²) in [5.74, 6) is 0. The molecule has 0 aliphatic rings. The van der Waals surface area contributed by atoms with Crippen molar-refractivity contribution in [3.8, 4) is 0 Å². The first-order chi connectivity index (χ1) is 6.65. The predicted molar refractivity (Wildman–Crippen MR) is 53.1 cm³/mol. The number of anilines is 1. The molecule has 0 heterocycles. The van der Waals surface area contributed by atoms with E-state index in [1.165, 1.54) is 6.07 Å². The van der Waals surface area contributed by atoms with Crippen LogP contribution in [0.1, 0.15) is 12.5 Å². The zero-order valence-corrected chi connectivity index (χ0v) is 8.11. The van der Waals surface area contributed by atoms with Crippen LogP contribution in [0, 0.1) is 17.0 Å². The van der Waals surface area contributed by atoms with Crippen LogP contribution in [-0.4, -0.2) is 11.5 Å². The number of nitrogens with zero attached hydrogens (tertiary/aromatic N) is 1. The zero-order valence-electron chi connectivity index (χ0n) is 8.11. The number of nitrogens with one attached hydrogen (secondary N) is 1. The Bertz CT molecular complexity index is 339. The molecule has 1 aromatic rings. The Labute approximate surface area is 81.8 Å². The minimum Gasteiger partial charge on any atom is -0.276 e. The van der Waals surface area contributed by atoms with Gasteiger partial charge in [0.2, 0.25) is 0 Å². The maximum atomic E-state index is 10.6. The molecule has 0 bridgehead atoms. The molecule has 1 aromatic carbocycles. The van der Waals surface area contributed by atoms with Gasteiger partial charge in [0, 0.05) is 6.07 Å². The number of nitro benzene ring substituents is 1. The summed E-state index contributed by atoms with van der Waals surface area (Å²) in [6.07, 6.45) is 0. The molecule has 0 aliphatic heterocycles. The topological polar surface area (TPSA) is 64.4 Å². The van der Waals surface area contributed by atoms with Gasteiger partial charge < -0.3 is 0 Å². The summed E-state index contributed by atoms with van der Waals surface area (Å²) < 4.78 is 0. The molecular weight excluding hydrogens is 184 g/mol. The van der Waals surface area contributed by atoms with Crippen LogP contribution in [0.3, 0.4) is 0 Å². The summed E-state index contributed by atoms with van der Waals surface area (Å²) in [5, 5.41) is 10.6. The highest BCUT2D eigenvalue weighted by Crippen LogP contribution is 2.24. The third-order valence-corrected chi connectivity index (χ3v) is 1.68. The Morgan fingerprint density at radius 3 is 2.86 bits per heavy atom. The van der Waals surface area contributed by atoms with Crippen molar-refractivity contribution < 1.29 is 9.76 Å². The lowest BCUT2D eigenvalue weighted by Gasteiger charge is -2.05. The van der Waals surface area contributed by atoms with Crippen LogP contribution in [0.15, 0.2) is 18.2 Å². The normalized spacial score (nSPS) is 9.86. The van der Waals surface area contributed by atoms with Gasteiger partial charge in [-0.2, -0.15) is 0 Å². The summed E-state index contributed by atoms with van der Waals surface area (Å²) in [6, 6.07) is 4.92. The molecule has 0 amide bonds. The van der Waals surface area contributed by atoms with E-state index >= 15 is 0 Å². The van der Waals surface area contributed by atoms with Crippen LogP contribution in [0.25, 0.3) is 0 Å². The van der Waals surface area contributed by atoms with Crippen LogP contribution in [0.5, 0.6) is 0 Å². The first-order valence-electron chi connectivity index (χ1n) is 4.28. The van der Waals surface area contributed by atoms with Crippen molar-refractivity contribution in [3.63, 3.8) is 0 Å². The predicted octanol–water partition coefficient (Wildman–Crippen LogP) is 2.27. The maximum Gasteiger partial charge on any atom is 0.294 e. The summed E-state index contributed by atoms with van der Waals surface area (Å²) in [6.45, 7) is 4.05. The van der Waals surface area contributed by atoms with E-state index in [1.54, 1.807) is 26.0 Å². The lowest BCUT2D eigenvalue weighted by atomic mass is 10.2. The summed E-state index contributed by atoms with van der Waals surface area (Å²) in [5.41, 5.74) is 3.78. The number of nitro groups is 1. The van der Waals surface area contributed by atoms with E-state index in [-0.39, 0.29) is 5.69 Å². The molecule has 5 heteroatoms. The van der Waals surface area contributed by atoms with Gasteiger partial charge in [0.05, 0.1) is 11.5 Å². The molecule has 14 heavy (non-hydrogen) atoms. The Morgan fingerprint density at radius 2 is 2.29 bits per heavy atom. The fraction of sp³-hybridized carbons (Fsp3) is 0.333. The van der Waals surface area contributed by atoms with Gasteiger partial charge in [-0.1, -0.05) is 6.07 Å². The van der Waals surface area contributed by atoms with Crippen molar-refractivity contribution in [1.29, 1.82) is 0 Å². The third-order valence-electron chi connectivity index (χ3n) is 1.68. The fourth-order valence-electron chi connectivity index (χ4n) is 1.03. The fourth-order valence-corrected chi connectivity index (χ4v) is 1.03. The number of rotatable bonds is 4. The van der Waals surface area contributed by atoms with Gasteiger partial charge in [0.25, 0.3) is 5.69 Å². The van der Waals surface area contributed by atoms with Gasteiger partial charge in [-0.25, -0.2) is 0 Å². The summed E-state index contributed by atoms with van der Waals surface area (Å²) >= 11 is 0. The minimum absolute atomic E-state index is 0.0263. The molecule has 0 fully saturated rings. The average Bonchev–Trinajstić information content (AvgIpc) is 2.15. The monoisotopic (exact) mass is 196 g/mol. The highest BCUT2D eigenvalue weighted by atomic mass is 16.6. The maximum absolute atomic E-state index is 10.6. The number of hydrogen-bond donors (Lipinski definition) is 1. The van der Waals surface area contributed by atoms with Crippen molar-refractivity contribution >= 4 is 11.4 Å². The standard InChI is InChI=1S/C9H12N2O3/c1-3-14-10-8-5-4-7(2)6-9(8)11(12)13/h4-6,10H,3H2,1-2H3. The van der Waals surface area contributed by atoms with Crippen molar-refractivity contribution in [3.05, 3.63) is 33.9 Å². The van der Waals surface area contributed by atoms with Crippen LogP contribution < -0.4 is 5.48 Å². The van der Waals surface area contributed by atoms with Crippen LogP contribution >= 0.6 is 0 Å². The Kier molecular flexibility index (Phi) is 3.41. The zero-order chi connectivity index (χ0) is 10.6. The molecule has 0 spiro atoms. The largest absolute Gasteiger partial charge is 0.294 e. The summed E-state index contributed by atoms with van der Waals surface area (Å²) in [4.78, 5) is 15.1. The third kappa shape index (κ3) is 2.43. The number of hydrogen-bond acceptors (Lipinski definition) is 4. The van der Waals surface area contributed by atoms with Gasteiger partial charge in [0.1, 0.15) is 5.69 Å². The van der Waals surface area contributed by atoms with Crippen LogP contribution in [0.2, 0.25) is 0 Å². The molecule has 0 unspecified atom stereocenters. The average molecular weight is 196 g/mol. The molecule has 5 nitrogen and oxygen atoms in total. The lowest BCUT2D eigenvalue weighted by Crippen LogP contribution is -2.03. The highest BCUT2D eigenvalue weighted by molar-refractivity contribution is 5.61. The molecule has 0 aliphatic carbocycles. The van der Waals surface area contributed by atoms with Gasteiger partial charge in [-0.15, -0.1) is 0 Å². The van der Waals surface area contributed by atoms with E-state index in [0.29, 0.717) is 12.3 Å². The van der Waals surface area contributed by atoms with Crippen LogP contribution in [-0.2, 0) is 4.84 Å². The molecule has 0 atom stereocenters. The van der Waals surface area contributed by atoms with E-state index in [4.69, 9.17) is 4.84 Å². The first-order valence-corrected chi connectivity index (χ1v) is 4.28. The smallest absolute Gasteiger partial charge is 0.276 e. The second kappa shape index (κ2) is 4.57. The van der Waals surface area contributed by atoms with E-state index in [1.807, 2.05) is 0 Å². The van der Waals surface area contributed by atoms with Crippen molar-refractivity contribution in [2.24, 2.45) is 0 Å². The molecule has 1 rings (SSSR count). The lowest BCUT2D eigenvalue weighted by molar-refractivity contribution is -0.384. The van der Waals surface area contributed by atoms with Crippen molar-refractivity contribution in [2.75, 3.05) is 12.1 Å². The van der Waals surface area contributed by atoms with E-state index in [2.05, 4.69) is 5.48 Å². The molecule has 1 N–H and O–H groups in total. The molecule has 0 saturated carbocycles. The second-order valence-corrected chi connectivity index (χ2v) is 2.81. The van der Waals surface area contributed by atoms with E-state index in [0.717, 1.165) is 5.56 Å².